The summed E-state index contributed by atoms with van der Waals surface area (Å²) >= 11 is 0. The molecule has 234 valence electrons. The maximum absolute atomic E-state index is 14.3. The molecule has 45 heavy (non-hydrogen) atoms. The largest absolute Gasteiger partial charge is 0.416 e. The van der Waals surface area contributed by atoms with Crippen molar-refractivity contribution in [3.8, 4) is 11.3 Å². The predicted molar refractivity (Wildman–Crippen MR) is 174 cm³/mol. The Morgan fingerprint density at radius 3 is 2.44 bits per heavy atom. The fourth-order valence-corrected chi connectivity index (χ4v) is 6.80. The van der Waals surface area contributed by atoms with E-state index in [-0.39, 0.29) is 11.9 Å². The average molecular weight is 614 g/mol. The number of carbonyl (C=O) groups excluding carboxylic acids is 1. The molecule has 4 heterocycles. The number of pyridine rings is 2. The summed E-state index contributed by atoms with van der Waals surface area (Å²) in [5.74, 6) is -0.318. The zero-order valence-corrected chi connectivity index (χ0v) is 25.9. The minimum Gasteiger partial charge on any atom is -0.345 e. The lowest BCUT2D eigenvalue weighted by Crippen LogP contribution is -2.46. The molecule has 0 spiro atoms. The second-order valence-electron chi connectivity index (χ2n) is 12.5. The van der Waals surface area contributed by atoms with Crippen LogP contribution in [-0.4, -0.2) is 65.7 Å². The van der Waals surface area contributed by atoms with E-state index < -0.39 is 11.7 Å². The lowest BCUT2D eigenvalue weighted by Gasteiger charge is -2.40. The van der Waals surface area contributed by atoms with Gasteiger partial charge in [0.1, 0.15) is 13.4 Å². The zero-order valence-electron chi connectivity index (χ0n) is 25.9. The third-order valence-corrected chi connectivity index (χ3v) is 9.24. The first-order chi connectivity index (χ1) is 21.7. The molecule has 0 saturated carbocycles. The summed E-state index contributed by atoms with van der Waals surface area (Å²) < 4.78 is 41.6. The number of piperidine rings is 2. The minimum atomic E-state index is -4.51. The van der Waals surface area contributed by atoms with Gasteiger partial charge in [-0.2, -0.15) is 13.2 Å². The Hall–Kier alpha value is -3.76. The normalized spacial score (nSPS) is 17.8. The van der Waals surface area contributed by atoms with Gasteiger partial charge in [0, 0.05) is 29.9 Å². The number of alkyl halides is 3. The Kier molecular flexibility index (Phi) is 9.24. The number of benzene rings is 2. The van der Waals surface area contributed by atoms with Crippen LogP contribution in [0.2, 0.25) is 0 Å². The first-order valence-electron chi connectivity index (χ1n) is 16.0. The quantitative estimate of drug-likeness (QED) is 0.279. The van der Waals surface area contributed by atoms with Crippen LogP contribution in [0.4, 0.5) is 13.2 Å². The highest BCUT2D eigenvalue weighted by Gasteiger charge is 2.32. The van der Waals surface area contributed by atoms with E-state index in [0.717, 1.165) is 62.2 Å². The van der Waals surface area contributed by atoms with Crippen LogP contribution in [0.3, 0.4) is 0 Å². The third-order valence-electron chi connectivity index (χ3n) is 9.24. The SMILES string of the molecule is Bc1cnc2c(C(=O)N[C@@H](C)c3ccccc3)c(CN3CCC(N4CCCCC4)CC3)c(-c3cccc(C(F)(F)F)c3)nc2c1. The van der Waals surface area contributed by atoms with Crippen LogP contribution in [0, 0.1) is 0 Å². The first-order valence-corrected chi connectivity index (χ1v) is 16.0. The van der Waals surface area contributed by atoms with E-state index in [1.807, 2.05) is 51.2 Å². The van der Waals surface area contributed by atoms with Crippen molar-refractivity contribution in [3.63, 3.8) is 0 Å². The molecule has 2 aliphatic rings. The molecular weight excluding hydrogens is 574 g/mol. The van der Waals surface area contributed by atoms with Gasteiger partial charge in [0.25, 0.3) is 5.91 Å². The molecule has 2 aliphatic heterocycles. The Labute approximate surface area is 263 Å². The number of nitrogens with zero attached hydrogens (tertiary/aromatic N) is 4. The van der Waals surface area contributed by atoms with Gasteiger partial charge in [-0.15, -0.1) is 0 Å². The standard InChI is InChI=1S/C35H39BF3N5O/c1-23(24-9-4-2-5-10-24)41-34(45)31-29(22-43-17-13-28(14-18-43)44-15-6-3-7-16-44)32(42-30-20-27(36)21-40-33(30)31)25-11-8-12-26(19-25)35(37,38)39/h2,4-5,8-12,19-21,23,28H,3,6-7,13-18,22,36H2,1H3,(H,41,45)/t23-/m0/s1. The number of halogens is 3. The van der Waals surface area contributed by atoms with E-state index in [1.54, 1.807) is 12.3 Å². The maximum atomic E-state index is 14.3. The summed E-state index contributed by atoms with van der Waals surface area (Å²) in [5.41, 5.74) is 3.67. The summed E-state index contributed by atoms with van der Waals surface area (Å²) in [5, 5.41) is 3.15. The van der Waals surface area contributed by atoms with Crippen LogP contribution in [0.25, 0.3) is 22.3 Å². The van der Waals surface area contributed by atoms with Crippen LogP contribution in [0.1, 0.15) is 72.1 Å². The summed E-state index contributed by atoms with van der Waals surface area (Å²) in [7, 11) is 1.88. The predicted octanol–water partition coefficient (Wildman–Crippen LogP) is 5.52. The van der Waals surface area contributed by atoms with E-state index in [1.165, 1.54) is 25.3 Å². The molecule has 6 rings (SSSR count). The molecule has 10 heteroatoms. The van der Waals surface area contributed by atoms with Crippen molar-refractivity contribution >= 4 is 30.2 Å². The second-order valence-corrected chi connectivity index (χ2v) is 12.5. The Bertz CT molecular complexity index is 1650. The Morgan fingerprint density at radius 2 is 1.73 bits per heavy atom. The van der Waals surface area contributed by atoms with E-state index in [0.29, 0.717) is 46.0 Å². The minimum absolute atomic E-state index is 0.294. The third kappa shape index (κ3) is 7.07. The number of amides is 1. The lowest BCUT2D eigenvalue weighted by molar-refractivity contribution is -0.137. The number of carbonyl (C=O) groups is 1. The molecule has 0 unspecified atom stereocenters. The van der Waals surface area contributed by atoms with Gasteiger partial charge >= 0.3 is 6.18 Å². The molecule has 1 atom stereocenters. The highest BCUT2D eigenvalue weighted by Crippen LogP contribution is 2.36. The molecule has 2 aromatic heterocycles. The number of nitrogens with one attached hydrogen (secondary N) is 1. The molecule has 0 bridgehead atoms. The number of likely N-dealkylation sites (tertiary alicyclic amines) is 2. The number of hydrogen-bond acceptors (Lipinski definition) is 5. The van der Waals surface area contributed by atoms with Gasteiger partial charge in [-0.05, 0) is 82.5 Å². The molecule has 6 nitrogen and oxygen atoms in total. The molecule has 2 aromatic carbocycles. The zero-order chi connectivity index (χ0) is 31.6. The molecule has 1 amide bonds. The summed E-state index contributed by atoms with van der Waals surface area (Å²) in [6.07, 6.45) is 3.02. The molecular formula is C35H39BF3N5O. The molecule has 0 aliphatic carbocycles. The maximum Gasteiger partial charge on any atom is 0.416 e. The van der Waals surface area contributed by atoms with Gasteiger partial charge in [-0.25, -0.2) is 4.98 Å². The summed E-state index contributed by atoms with van der Waals surface area (Å²) in [6.45, 7) is 6.28. The molecule has 2 saturated heterocycles. The van der Waals surface area contributed by atoms with Crippen LogP contribution >= 0.6 is 0 Å². The van der Waals surface area contributed by atoms with Crippen LogP contribution in [0.5, 0.6) is 0 Å². The van der Waals surface area contributed by atoms with E-state index in [9.17, 15) is 18.0 Å². The topological polar surface area (TPSA) is 61.4 Å². The van der Waals surface area contributed by atoms with Crippen molar-refractivity contribution in [1.29, 1.82) is 0 Å². The van der Waals surface area contributed by atoms with Crippen molar-refractivity contribution in [2.45, 2.75) is 63.8 Å². The van der Waals surface area contributed by atoms with Crippen LogP contribution in [0.15, 0.2) is 66.9 Å². The monoisotopic (exact) mass is 613 g/mol. The number of rotatable bonds is 7. The molecule has 1 N–H and O–H groups in total. The van der Waals surface area contributed by atoms with Crippen molar-refractivity contribution in [3.05, 3.63) is 89.1 Å². The number of hydrogen-bond donors (Lipinski definition) is 1. The number of aromatic nitrogens is 2. The highest BCUT2D eigenvalue weighted by molar-refractivity contribution is 6.33. The van der Waals surface area contributed by atoms with Gasteiger partial charge < -0.3 is 10.2 Å². The van der Waals surface area contributed by atoms with Crippen molar-refractivity contribution in [2.75, 3.05) is 26.2 Å². The first kappa shape index (κ1) is 31.2. The van der Waals surface area contributed by atoms with Gasteiger partial charge in [0.15, 0.2) is 0 Å². The molecule has 4 aromatic rings. The Balaban J connectivity index is 1.43. The van der Waals surface area contributed by atoms with Crippen molar-refractivity contribution in [1.82, 2.24) is 25.1 Å². The fraction of sp³-hybridized carbons (Fsp3) is 0.400. The van der Waals surface area contributed by atoms with E-state index in [2.05, 4.69) is 20.1 Å². The van der Waals surface area contributed by atoms with Gasteiger partial charge in [-0.1, -0.05) is 54.3 Å². The lowest BCUT2D eigenvalue weighted by atomic mass is 9.93. The van der Waals surface area contributed by atoms with Crippen molar-refractivity contribution in [2.24, 2.45) is 0 Å². The van der Waals surface area contributed by atoms with E-state index >= 15 is 0 Å². The Morgan fingerprint density at radius 1 is 1.00 bits per heavy atom. The molecule has 2 fully saturated rings. The van der Waals surface area contributed by atoms with Crippen molar-refractivity contribution < 1.29 is 18.0 Å². The van der Waals surface area contributed by atoms with E-state index in [4.69, 9.17) is 4.98 Å². The van der Waals surface area contributed by atoms with Crippen LogP contribution in [-0.2, 0) is 12.7 Å². The molecule has 0 radical (unpaired) electrons. The second kappa shape index (κ2) is 13.3. The van der Waals surface area contributed by atoms with Gasteiger partial charge in [0.2, 0.25) is 0 Å². The highest BCUT2D eigenvalue weighted by atomic mass is 19.4. The smallest absolute Gasteiger partial charge is 0.345 e. The average Bonchev–Trinajstić information content (AvgIpc) is 3.05. The van der Waals surface area contributed by atoms with Gasteiger partial charge in [-0.3, -0.25) is 14.7 Å². The number of fused-ring (bicyclic) bond motifs is 1. The summed E-state index contributed by atoms with van der Waals surface area (Å²) in [6, 6.07) is 17.0. The fourth-order valence-electron chi connectivity index (χ4n) is 6.80. The van der Waals surface area contributed by atoms with Crippen LogP contribution < -0.4 is 10.8 Å². The van der Waals surface area contributed by atoms with Gasteiger partial charge in [0.05, 0.1) is 28.4 Å². The summed E-state index contributed by atoms with van der Waals surface area (Å²) in [4.78, 5) is 28.8.